The molecular formula is C23H22N2O6. The van der Waals surface area contributed by atoms with Gasteiger partial charge in [-0.3, -0.25) is 4.79 Å². The van der Waals surface area contributed by atoms with Crippen LogP contribution in [0.4, 0.5) is 4.79 Å². The van der Waals surface area contributed by atoms with E-state index in [1.54, 1.807) is 0 Å². The smallest absolute Gasteiger partial charge is 0.407 e. The van der Waals surface area contributed by atoms with Gasteiger partial charge in [-0.05, 0) is 22.3 Å². The lowest BCUT2D eigenvalue weighted by atomic mass is 9.98. The molecule has 0 radical (unpaired) electrons. The van der Waals surface area contributed by atoms with Gasteiger partial charge in [-0.1, -0.05) is 48.5 Å². The highest BCUT2D eigenvalue weighted by atomic mass is 16.5. The van der Waals surface area contributed by atoms with Gasteiger partial charge < -0.3 is 25.6 Å². The average molecular weight is 422 g/mol. The Kier molecular flexibility index (Phi) is 6.90. The van der Waals surface area contributed by atoms with Crippen molar-refractivity contribution >= 4 is 18.0 Å². The third-order valence-corrected chi connectivity index (χ3v) is 5.03. The monoisotopic (exact) mass is 422 g/mol. The number of nitrogens with one attached hydrogen (secondary N) is 2. The van der Waals surface area contributed by atoms with E-state index in [4.69, 9.17) is 16.3 Å². The molecule has 0 fully saturated rings. The van der Waals surface area contributed by atoms with Crippen molar-refractivity contribution < 1.29 is 29.3 Å². The number of aliphatic hydroxyl groups is 1. The van der Waals surface area contributed by atoms with Gasteiger partial charge in [0.1, 0.15) is 12.6 Å². The molecule has 2 aromatic carbocycles. The first-order valence-electron chi connectivity index (χ1n) is 9.66. The predicted octanol–water partition coefficient (Wildman–Crippen LogP) is 1.48. The van der Waals surface area contributed by atoms with Gasteiger partial charge in [0.15, 0.2) is 6.10 Å². The SMILES string of the molecule is C#CCC(NC(=O)OCC1c2ccccc2-c2ccccc21)C(=O)NC[C@H](O)C(=O)O. The summed E-state index contributed by atoms with van der Waals surface area (Å²) in [6, 6.07) is 14.7. The molecule has 1 aliphatic rings. The topological polar surface area (TPSA) is 125 Å². The molecule has 0 aliphatic heterocycles. The molecule has 31 heavy (non-hydrogen) atoms. The zero-order valence-electron chi connectivity index (χ0n) is 16.6. The van der Waals surface area contributed by atoms with Gasteiger partial charge in [0, 0.05) is 12.3 Å². The molecule has 0 bridgehead atoms. The molecule has 0 spiro atoms. The number of carboxylic acids is 1. The minimum Gasteiger partial charge on any atom is -0.479 e. The van der Waals surface area contributed by atoms with Crippen LogP contribution in [0.5, 0.6) is 0 Å². The summed E-state index contributed by atoms with van der Waals surface area (Å²) in [5.74, 6) is -0.0474. The Balaban J connectivity index is 1.61. The molecule has 1 aliphatic carbocycles. The summed E-state index contributed by atoms with van der Waals surface area (Å²) < 4.78 is 5.39. The Hall–Kier alpha value is -3.83. The minimum absolute atomic E-state index is 0.0714. The number of benzene rings is 2. The van der Waals surface area contributed by atoms with Crippen molar-refractivity contribution in [2.75, 3.05) is 13.2 Å². The van der Waals surface area contributed by atoms with Crippen molar-refractivity contribution in [3.05, 3.63) is 59.7 Å². The van der Waals surface area contributed by atoms with Gasteiger partial charge in [-0.25, -0.2) is 9.59 Å². The van der Waals surface area contributed by atoms with E-state index < -0.39 is 36.7 Å². The largest absolute Gasteiger partial charge is 0.479 e. The predicted molar refractivity (Wildman–Crippen MR) is 112 cm³/mol. The maximum Gasteiger partial charge on any atom is 0.407 e. The molecule has 8 nitrogen and oxygen atoms in total. The average Bonchev–Trinajstić information content (AvgIpc) is 3.09. The number of alkyl carbamates (subject to hydrolysis) is 1. The standard InChI is InChI=1S/C23H22N2O6/c1-2-7-19(21(27)24-12-20(26)22(28)29)25-23(30)31-13-18-16-10-5-3-8-14(16)15-9-4-6-11-17(15)18/h1,3-6,8-11,18-20,26H,7,12-13H2,(H,24,27)(H,25,30)(H,28,29)/t19?,20-/m0/s1. The molecule has 3 rings (SSSR count). The first-order valence-corrected chi connectivity index (χ1v) is 9.66. The van der Waals surface area contributed by atoms with Gasteiger partial charge in [0.05, 0.1) is 6.54 Å². The number of amides is 2. The molecule has 2 atom stereocenters. The number of carboxylic acid groups (broad SMARTS) is 1. The van der Waals surface area contributed by atoms with Crippen molar-refractivity contribution in [2.24, 2.45) is 0 Å². The van der Waals surface area contributed by atoms with Crippen LogP contribution in [0.15, 0.2) is 48.5 Å². The maximum atomic E-state index is 12.3. The molecule has 8 heteroatoms. The number of carbonyl (C=O) groups is 3. The fourth-order valence-electron chi connectivity index (χ4n) is 3.52. The lowest BCUT2D eigenvalue weighted by Crippen LogP contribution is -2.49. The van der Waals surface area contributed by atoms with Crippen LogP contribution in [0.25, 0.3) is 11.1 Å². The van der Waals surface area contributed by atoms with Crippen LogP contribution in [-0.4, -0.2) is 53.5 Å². The Morgan fingerprint density at radius 2 is 1.65 bits per heavy atom. The van der Waals surface area contributed by atoms with E-state index in [2.05, 4.69) is 16.6 Å². The van der Waals surface area contributed by atoms with Gasteiger partial charge in [-0.15, -0.1) is 12.3 Å². The minimum atomic E-state index is -1.76. The Morgan fingerprint density at radius 1 is 1.06 bits per heavy atom. The quantitative estimate of drug-likeness (QED) is 0.478. The summed E-state index contributed by atoms with van der Waals surface area (Å²) in [6.07, 6.45) is 2.55. The molecule has 1 unspecified atom stereocenters. The van der Waals surface area contributed by atoms with Crippen molar-refractivity contribution in [3.8, 4) is 23.5 Å². The summed E-state index contributed by atoms with van der Waals surface area (Å²) >= 11 is 0. The second-order valence-corrected chi connectivity index (χ2v) is 7.03. The zero-order chi connectivity index (χ0) is 22.4. The van der Waals surface area contributed by atoms with E-state index in [0.717, 1.165) is 22.3 Å². The number of terminal acetylenes is 1. The van der Waals surface area contributed by atoms with Crippen LogP contribution >= 0.6 is 0 Å². The van der Waals surface area contributed by atoms with E-state index in [9.17, 15) is 19.5 Å². The number of fused-ring (bicyclic) bond motifs is 3. The van der Waals surface area contributed by atoms with Crippen LogP contribution < -0.4 is 10.6 Å². The number of carbonyl (C=O) groups excluding carboxylic acids is 2. The van der Waals surface area contributed by atoms with E-state index in [0.29, 0.717) is 0 Å². The number of aliphatic hydroxyl groups excluding tert-OH is 1. The molecule has 0 saturated heterocycles. The Morgan fingerprint density at radius 3 is 2.19 bits per heavy atom. The summed E-state index contributed by atoms with van der Waals surface area (Å²) in [5.41, 5.74) is 4.29. The maximum absolute atomic E-state index is 12.3. The second kappa shape index (κ2) is 9.78. The van der Waals surface area contributed by atoms with Crippen LogP contribution in [0.2, 0.25) is 0 Å². The van der Waals surface area contributed by atoms with Crippen molar-refractivity contribution in [3.63, 3.8) is 0 Å². The summed E-state index contributed by atoms with van der Waals surface area (Å²) in [4.78, 5) is 35.2. The zero-order valence-corrected chi connectivity index (χ0v) is 16.6. The summed E-state index contributed by atoms with van der Waals surface area (Å²) in [6.45, 7) is -0.441. The Labute approximate surface area is 179 Å². The van der Waals surface area contributed by atoms with E-state index in [1.807, 2.05) is 48.5 Å². The molecule has 2 aromatic rings. The van der Waals surface area contributed by atoms with Gasteiger partial charge in [0.25, 0.3) is 0 Å². The van der Waals surface area contributed by atoms with Gasteiger partial charge in [-0.2, -0.15) is 0 Å². The molecule has 0 heterocycles. The first kappa shape index (κ1) is 21.9. The fourth-order valence-corrected chi connectivity index (χ4v) is 3.52. The van der Waals surface area contributed by atoms with E-state index in [1.165, 1.54) is 0 Å². The van der Waals surface area contributed by atoms with E-state index >= 15 is 0 Å². The molecular weight excluding hydrogens is 400 g/mol. The molecule has 160 valence electrons. The fraction of sp³-hybridized carbons (Fsp3) is 0.261. The van der Waals surface area contributed by atoms with Crippen LogP contribution in [0.1, 0.15) is 23.5 Å². The normalized spacial score (nSPS) is 13.8. The molecule has 0 saturated carbocycles. The van der Waals surface area contributed by atoms with Crippen LogP contribution in [-0.2, 0) is 14.3 Å². The van der Waals surface area contributed by atoms with Crippen LogP contribution in [0.3, 0.4) is 0 Å². The molecule has 2 amide bonds. The second-order valence-electron chi connectivity index (χ2n) is 7.03. The highest BCUT2D eigenvalue weighted by Gasteiger charge is 2.29. The number of rotatable bonds is 8. The third kappa shape index (κ3) is 5.02. The number of hydrogen-bond donors (Lipinski definition) is 4. The van der Waals surface area contributed by atoms with Gasteiger partial charge in [0.2, 0.25) is 5.91 Å². The molecule has 4 N–H and O–H groups in total. The number of aliphatic carboxylic acids is 1. The van der Waals surface area contributed by atoms with Crippen molar-refractivity contribution in [2.45, 2.75) is 24.5 Å². The number of hydrogen-bond acceptors (Lipinski definition) is 5. The number of ether oxygens (including phenoxy) is 1. The highest BCUT2D eigenvalue weighted by Crippen LogP contribution is 2.44. The summed E-state index contributed by atoms with van der Waals surface area (Å²) in [5, 5.41) is 22.6. The van der Waals surface area contributed by atoms with E-state index in [-0.39, 0.29) is 18.9 Å². The molecule has 0 aromatic heterocycles. The van der Waals surface area contributed by atoms with Crippen LogP contribution in [0, 0.1) is 12.3 Å². The first-order chi connectivity index (χ1) is 14.9. The van der Waals surface area contributed by atoms with Gasteiger partial charge >= 0.3 is 12.1 Å². The lowest BCUT2D eigenvalue weighted by molar-refractivity contribution is -0.146. The summed E-state index contributed by atoms with van der Waals surface area (Å²) in [7, 11) is 0. The highest BCUT2D eigenvalue weighted by molar-refractivity contribution is 5.86. The van der Waals surface area contributed by atoms with Crippen molar-refractivity contribution in [1.29, 1.82) is 0 Å². The lowest BCUT2D eigenvalue weighted by Gasteiger charge is -2.18. The van der Waals surface area contributed by atoms with Crippen molar-refractivity contribution in [1.82, 2.24) is 10.6 Å². The third-order valence-electron chi connectivity index (χ3n) is 5.03. The Bertz CT molecular complexity index is 983.